The molecule has 1 aromatic rings. The van der Waals surface area contributed by atoms with Crippen molar-refractivity contribution in [1.29, 1.82) is 0 Å². The van der Waals surface area contributed by atoms with Crippen molar-refractivity contribution in [3.63, 3.8) is 0 Å². The van der Waals surface area contributed by atoms with Crippen LogP contribution in [0.25, 0.3) is 0 Å². The molecule has 0 amide bonds. The molecule has 56 heavy (non-hydrogen) atoms. The van der Waals surface area contributed by atoms with E-state index in [0.29, 0.717) is 31.3 Å². The standard InChI is InChI=1S/C47H71ClN2O6/c1-28(2)39-33(51)23-47(36(52)26-49-25-29-12-13-31(48)22-30(29)27-50(10)11)21-20-45(8)32(40(39)47)14-15-35-44(7)18-17-37(56-38(53)24-42(3,4)41(54)55)43(5,6)34(44)16-19-46(35,45)9/h12-13,22,28,32,34-37,49,52H,14-21,23-27H2,1-11H3,(H,54,55)/t32?,34-,35+,36+,37-,44-,45+,46+,47-/m0/s1. The fraction of sp³-hybridized carbons (Fsp3) is 0.766. The molecule has 5 aliphatic rings. The van der Waals surface area contributed by atoms with Crippen LogP contribution >= 0.6 is 11.6 Å². The van der Waals surface area contributed by atoms with Crippen LogP contribution < -0.4 is 5.32 Å². The van der Waals surface area contributed by atoms with Crippen LogP contribution in [0.1, 0.15) is 138 Å². The second-order valence-electron chi connectivity index (χ2n) is 21.4. The van der Waals surface area contributed by atoms with E-state index in [-0.39, 0.29) is 51.8 Å². The van der Waals surface area contributed by atoms with E-state index in [1.165, 1.54) is 11.1 Å². The number of aliphatic carboxylic acids is 1. The largest absolute Gasteiger partial charge is 0.481 e. The van der Waals surface area contributed by atoms with Gasteiger partial charge in [0.1, 0.15) is 6.10 Å². The van der Waals surface area contributed by atoms with Crippen LogP contribution in [-0.4, -0.2) is 65.7 Å². The van der Waals surface area contributed by atoms with Crippen molar-refractivity contribution in [2.24, 2.45) is 56.2 Å². The van der Waals surface area contributed by atoms with Gasteiger partial charge in [-0.1, -0.05) is 71.7 Å². The Morgan fingerprint density at radius 1 is 0.964 bits per heavy atom. The molecule has 0 aromatic heterocycles. The van der Waals surface area contributed by atoms with E-state index in [1.807, 2.05) is 12.1 Å². The number of carbonyl (C=O) groups excluding carboxylic acids is 2. The number of allylic oxidation sites excluding steroid dienone is 1. The second-order valence-corrected chi connectivity index (χ2v) is 21.8. The Morgan fingerprint density at radius 2 is 1.66 bits per heavy atom. The number of nitrogens with zero attached hydrogens (tertiary/aromatic N) is 1. The van der Waals surface area contributed by atoms with E-state index >= 15 is 0 Å². The Balaban J connectivity index is 1.25. The van der Waals surface area contributed by atoms with Crippen LogP contribution in [0.15, 0.2) is 29.3 Å². The van der Waals surface area contributed by atoms with E-state index in [0.717, 1.165) is 74.1 Å². The average Bonchev–Trinajstić information content (AvgIpc) is 3.40. The van der Waals surface area contributed by atoms with Crippen LogP contribution in [0.5, 0.6) is 0 Å². The summed E-state index contributed by atoms with van der Waals surface area (Å²) < 4.78 is 6.18. The number of aliphatic hydroxyl groups excluding tert-OH is 1. The molecule has 9 heteroatoms. The number of benzene rings is 1. The number of carbonyl (C=O) groups is 3. The summed E-state index contributed by atoms with van der Waals surface area (Å²) in [7, 11) is 4.10. The fourth-order valence-electron chi connectivity index (χ4n) is 13.7. The van der Waals surface area contributed by atoms with Gasteiger partial charge in [0.25, 0.3) is 0 Å². The van der Waals surface area contributed by atoms with Crippen LogP contribution in [0.3, 0.4) is 0 Å². The highest BCUT2D eigenvalue weighted by Gasteiger charge is 2.70. The minimum absolute atomic E-state index is 0.0269. The first-order chi connectivity index (χ1) is 25.9. The van der Waals surface area contributed by atoms with Gasteiger partial charge in [0.15, 0.2) is 5.78 Å². The summed E-state index contributed by atoms with van der Waals surface area (Å²) >= 11 is 6.37. The molecule has 1 unspecified atom stereocenters. The summed E-state index contributed by atoms with van der Waals surface area (Å²) in [6.45, 7) is 21.5. The Labute approximate surface area is 341 Å². The molecule has 9 atom stereocenters. The van der Waals surface area contributed by atoms with Gasteiger partial charge in [-0.2, -0.15) is 0 Å². The third-order valence-corrected chi connectivity index (χ3v) is 17.0. The zero-order chi connectivity index (χ0) is 41.4. The predicted octanol–water partition coefficient (Wildman–Crippen LogP) is 9.25. The lowest BCUT2D eigenvalue weighted by atomic mass is 9.33. The Bertz CT molecular complexity index is 1750. The minimum Gasteiger partial charge on any atom is -0.481 e. The molecule has 0 aliphatic heterocycles. The van der Waals surface area contributed by atoms with Gasteiger partial charge in [-0.05, 0) is 148 Å². The van der Waals surface area contributed by atoms with Gasteiger partial charge in [0.2, 0.25) is 0 Å². The number of ether oxygens (including phenoxy) is 1. The lowest BCUT2D eigenvalue weighted by Gasteiger charge is -2.72. The van der Waals surface area contributed by atoms with Crippen molar-refractivity contribution >= 4 is 29.3 Å². The first-order valence-electron chi connectivity index (χ1n) is 21.5. The number of fused-ring (bicyclic) bond motifs is 7. The molecule has 8 nitrogen and oxygen atoms in total. The molecule has 0 heterocycles. The summed E-state index contributed by atoms with van der Waals surface area (Å²) in [5.41, 5.74) is 2.70. The normalized spacial score (nSPS) is 35.8. The molecule has 1 aromatic carbocycles. The lowest BCUT2D eigenvalue weighted by molar-refractivity contribution is -0.235. The Hall–Kier alpha value is -2.26. The zero-order valence-electron chi connectivity index (χ0n) is 36.2. The van der Waals surface area contributed by atoms with E-state index in [4.69, 9.17) is 16.3 Å². The van der Waals surface area contributed by atoms with Crippen molar-refractivity contribution in [3.8, 4) is 0 Å². The van der Waals surface area contributed by atoms with Crippen LogP contribution in [0, 0.1) is 56.2 Å². The number of Topliss-reactive ketones (excluding diaryl/α,β-unsaturated/α-hetero) is 1. The molecule has 4 saturated carbocycles. The Kier molecular flexibility index (Phi) is 11.7. The third-order valence-electron chi connectivity index (χ3n) is 16.8. The molecule has 3 N–H and O–H groups in total. The number of rotatable bonds is 12. The van der Waals surface area contributed by atoms with Crippen molar-refractivity contribution in [1.82, 2.24) is 10.2 Å². The number of hydrogen-bond donors (Lipinski definition) is 3. The summed E-state index contributed by atoms with van der Waals surface area (Å²) in [5.74, 6) is -0.00510. The molecular formula is C47H71ClN2O6. The van der Waals surface area contributed by atoms with Gasteiger partial charge in [-0.25, -0.2) is 0 Å². The molecule has 5 aliphatic carbocycles. The van der Waals surface area contributed by atoms with Crippen molar-refractivity contribution < 1.29 is 29.3 Å². The van der Waals surface area contributed by atoms with Gasteiger partial charge >= 0.3 is 11.9 Å². The molecule has 312 valence electrons. The molecular weight excluding hydrogens is 724 g/mol. The third kappa shape index (κ3) is 7.02. The smallest absolute Gasteiger partial charge is 0.309 e. The summed E-state index contributed by atoms with van der Waals surface area (Å²) in [5, 5.41) is 26.3. The highest BCUT2D eigenvalue weighted by atomic mass is 35.5. The van der Waals surface area contributed by atoms with E-state index in [2.05, 4.69) is 78.8 Å². The number of nitrogens with one attached hydrogen (secondary N) is 1. The summed E-state index contributed by atoms with van der Waals surface area (Å²) in [6.07, 6.45) is 7.09. The molecule has 0 radical (unpaired) electrons. The maximum absolute atomic E-state index is 14.2. The SMILES string of the molecule is CC(C)C1=C2C3CC[C@@H]4[C@@]5(C)CC[C@H](OC(=O)CC(C)(C)C(=O)O)C(C)(C)[C@@H]5CC[C@@]4(C)[C@]3(C)CC[C@@]2([C@H](O)CNCc2ccc(Cl)cc2CN(C)C)CC1=O. The van der Waals surface area contributed by atoms with Gasteiger partial charge in [0.05, 0.1) is 17.9 Å². The maximum atomic E-state index is 14.2. The molecule has 0 spiro atoms. The number of carboxylic acids is 1. The van der Waals surface area contributed by atoms with Crippen LogP contribution in [0.4, 0.5) is 0 Å². The highest BCUT2D eigenvalue weighted by Crippen LogP contribution is 2.77. The monoisotopic (exact) mass is 795 g/mol. The number of hydrogen-bond acceptors (Lipinski definition) is 7. The first kappa shape index (κ1) is 43.3. The molecule has 6 rings (SSSR count). The van der Waals surface area contributed by atoms with E-state index in [9.17, 15) is 24.6 Å². The minimum atomic E-state index is -1.17. The van der Waals surface area contributed by atoms with Crippen LogP contribution in [-0.2, 0) is 32.2 Å². The summed E-state index contributed by atoms with van der Waals surface area (Å²) in [6, 6.07) is 6.03. The maximum Gasteiger partial charge on any atom is 0.309 e. The van der Waals surface area contributed by atoms with Gasteiger partial charge in [-0.3, -0.25) is 14.4 Å². The average molecular weight is 796 g/mol. The first-order valence-corrected chi connectivity index (χ1v) is 21.8. The topological polar surface area (TPSA) is 116 Å². The van der Waals surface area contributed by atoms with Gasteiger partial charge in [-0.15, -0.1) is 0 Å². The Morgan fingerprint density at radius 3 is 2.30 bits per heavy atom. The molecule has 4 fully saturated rings. The van der Waals surface area contributed by atoms with E-state index in [1.54, 1.807) is 13.8 Å². The zero-order valence-corrected chi connectivity index (χ0v) is 37.0. The quantitative estimate of drug-likeness (QED) is 0.180. The van der Waals surface area contributed by atoms with Gasteiger partial charge < -0.3 is 25.2 Å². The summed E-state index contributed by atoms with van der Waals surface area (Å²) in [4.78, 5) is 41.2. The number of halogens is 1. The number of carboxylic acid groups (broad SMARTS) is 1. The molecule has 0 saturated heterocycles. The lowest BCUT2D eigenvalue weighted by Crippen LogP contribution is -2.66. The van der Waals surface area contributed by atoms with E-state index < -0.39 is 28.9 Å². The molecule has 0 bridgehead atoms. The fourth-order valence-corrected chi connectivity index (χ4v) is 13.9. The number of ketones is 1. The number of aliphatic hydroxyl groups is 1. The van der Waals surface area contributed by atoms with Crippen LogP contribution in [0.2, 0.25) is 5.02 Å². The number of esters is 1. The van der Waals surface area contributed by atoms with Crippen molar-refractivity contribution in [3.05, 3.63) is 45.5 Å². The van der Waals surface area contributed by atoms with Crippen molar-refractivity contribution in [2.75, 3.05) is 20.6 Å². The highest BCUT2D eigenvalue weighted by molar-refractivity contribution is 6.30. The van der Waals surface area contributed by atoms with Gasteiger partial charge in [0, 0.05) is 41.9 Å². The second kappa shape index (κ2) is 15.1. The predicted molar refractivity (Wildman–Crippen MR) is 222 cm³/mol. The van der Waals surface area contributed by atoms with Crippen molar-refractivity contribution in [2.45, 2.75) is 152 Å².